The Kier molecular flexibility index (Phi) is 9.96. The molecule has 1 aliphatic heterocycles. The second-order valence-corrected chi connectivity index (χ2v) is 11.7. The third-order valence-electron chi connectivity index (χ3n) is 6.72. The lowest BCUT2D eigenvalue weighted by Gasteiger charge is -2.22. The summed E-state index contributed by atoms with van der Waals surface area (Å²) in [6.45, 7) is 4.00. The van der Waals surface area contributed by atoms with Crippen molar-refractivity contribution in [3.63, 3.8) is 0 Å². The van der Waals surface area contributed by atoms with Crippen LogP contribution in [0.4, 0.5) is 5.82 Å². The zero-order valence-electron chi connectivity index (χ0n) is 22.9. The molecule has 3 heterocycles. The van der Waals surface area contributed by atoms with Crippen molar-refractivity contribution in [1.82, 2.24) is 9.97 Å². The molecule has 1 atom stereocenters. The highest BCUT2D eigenvalue weighted by Gasteiger charge is 2.30. The summed E-state index contributed by atoms with van der Waals surface area (Å²) in [5.41, 5.74) is 3.82. The number of anilines is 1. The van der Waals surface area contributed by atoms with Crippen molar-refractivity contribution in [1.29, 1.82) is 10.5 Å². The van der Waals surface area contributed by atoms with Gasteiger partial charge in [-0.1, -0.05) is 47.6 Å². The fourth-order valence-electron chi connectivity index (χ4n) is 4.80. The number of halogens is 1. The van der Waals surface area contributed by atoms with Crippen molar-refractivity contribution < 1.29 is 14.6 Å². The summed E-state index contributed by atoms with van der Waals surface area (Å²) in [6, 6.07) is 19.5. The highest BCUT2D eigenvalue weighted by atomic mass is 35.5. The van der Waals surface area contributed by atoms with Crippen LogP contribution in [0.1, 0.15) is 30.2 Å². The molecule has 0 unspecified atom stereocenters. The van der Waals surface area contributed by atoms with E-state index in [0.29, 0.717) is 69.3 Å². The van der Waals surface area contributed by atoms with Gasteiger partial charge in [-0.05, 0) is 43.2 Å². The number of aromatic nitrogens is 2. The summed E-state index contributed by atoms with van der Waals surface area (Å²) in [5.74, 6) is 1.65. The highest BCUT2D eigenvalue weighted by Crippen LogP contribution is 2.40. The van der Waals surface area contributed by atoms with Gasteiger partial charge in [0.25, 0.3) is 0 Å². The summed E-state index contributed by atoms with van der Waals surface area (Å²) in [6.07, 6.45) is 0.893. The molecular weight excluding hydrogens is 590 g/mol. The van der Waals surface area contributed by atoms with Gasteiger partial charge in [0, 0.05) is 47.0 Å². The Labute approximate surface area is 258 Å². The molecule has 1 fully saturated rings. The normalized spacial score (nSPS) is 14.5. The van der Waals surface area contributed by atoms with Crippen LogP contribution < -0.4 is 9.64 Å². The van der Waals surface area contributed by atoms with Crippen LogP contribution in [0.2, 0.25) is 5.02 Å². The smallest absolute Gasteiger partial charge is 0.148 e. The Bertz CT molecular complexity index is 1610. The molecule has 2 aromatic heterocycles. The zero-order chi connectivity index (χ0) is 29.5. The third-order valence-corrected chi connectivity index (χ3v) is 8.92. The average molecular weight is 618 g/mol. The number of thiazole rings is 1. The summed E-state index contributed by atoms with van der Waals surface area (Å²) in [4.78, 5) is 11.8. The van der Waals surface area contributed by atoms with E-state index >= 15 is 0 Å². The molecule has 5 rings (SSSR count). The van der Waals surface area contributed by atoms with Gasteiger partial charge in [0.2, 0.25) is 0 Å². The minimum Gasteiger partial charge on any atom is -0.491 e. The molecular formula is C31H28ClN5O3S2. The summed E-state index contributed by atoms with van der Waals surface area (Å²) in [7, 11) is 0. The number of hydrogen-bond acceptors (Lipinski definition) is 10. The molecule has 0 radical (unpaired) electrons. The standard InChI is InChI=1S/C31H28ClN5O3S2/c1-2-39-25-11-12-37(17-25)29-26(15-33)28(20-5-9-24(10-6-20)40-14-13-38)27(16-34)31(36-29)42-19-23-18-41-30(35-23)21-3-7-22(32)8-4-21/h3-10,18,25,38H,2,11-14,17,19H2,1H3/t25-/m1/s1. The number of hydrogen-bond donors (Lipinski definition) is 1. The number of aliphatic hydroxyl groups is 1. The number of ether oxygens (including phenoxy) is 2. The van der Waals surface area contributed by atoms with E-state index in [0.717, 1.165) is 22.7 Å². The van der Waals surface area contributed by atoms with Gasteiger partial charge in [-0.2, -0.15) is 10.5 Å². The minimum atomic E-state index is -0.0913. The van der Waals surface area contributed by atoms with Gasteiger partial charge < -0.3 is 19.5 Å². The first-order valence-corrected chi connectivity index (χ1v) is 15.7. The Morgan fingerprint density at radius 2 is 1.81 bits per heavy atom. The van der Waals surface area contributed by atoms with Gasteiger partial charge in [-0.15, -0.1) is 11.3 Å². The second-order valence-electron chi connectivity index (χ2n) is 9.44. The maximum atomic E-state index is 10.4. The van der Waals surface area contributed by atoms with E-state index in [2.05, 4.69) is 17.0 Å². The monoisotopic (exact) mass is 617 g/mol. The second kappa shape index (κ2) is 14.0. The van der Waals surface area contributed by atoms with Crippen molar-refractivity contribution in [2.45, 2.75) is 30.2 Å². The van der Waals surface area contributed by atoms with Gasteiger partial charge in [0.1, 0.15) is 45.9 Å². The molecule has 1 N–H and O–H groups in total. The van der Waals surface area contributed by atoms with Crippen LogP contribution in [0.5, 0.6) is 5.75 Å². The topological polar surface area (TPSA) is 115 Å². The van der Waals surface area contributed by atoms with Gasteiger partial charge in [-0.25, -0.2) is 9.97 Å². The molecule has 0 bridgehead atoms. The van der Waals surface area contributed by atoms with E-state index in [1.165, 1.54) is 11.8 Å². The van der Waals surface area contributed by atoms with Gasteiger partial charge in [0.05, 0.1) is 24.0 Å². The number of aliphatic hydroxyl groups excluding tert-OH is 1. The SMILES string of the molecule is CCO[C@@H]1CCN(c2nc(SCc3csc(-c4ccc(Cl)cc4)n3)c(C#N)c(-c3ccc(OCCO)cc3)c2C#N)C1. The number of nitriles is 2. The molecule has 0 spiro atoms. The number of rotatable bonds is 11. The van der Waals surface area contributed by atoms with E-state index in [4.69, 9.17) is 36.1 Å². The Morgan fingerprint density at radius 1 is 1.07 bits per heavy atom. The van der Waals surface area contributed by atoms with E-state index in [1.807, 2.05) is 48.7 Å². The summed E-state index contributed by atoms with van der Waals surface area (Å²) >= 11 is 9.02. The van der Waals surface area contributed by atoms with Crippen molar-refractivity contribution in [2.75, 3.05) is 37.8 Å². The first kappa shape index (κ1) is 29.8. The molecule has 2 aromatic carbocycles. The van der Waals surface area contributed by atoms with E-state index < -0.39 is 0 Å². The van der Waals surface area contributed by atoms with Gasteiger partial charge in [-0.3, -0.25) is 0 Å². The summed E-state index contributed by atoms with van der Waals surface area (Å²) < 4.78 is 11.4. The fraction of sp³-hybridized carbons (Fsp3) is 0.290. The molecule has 8 nitrogen and oxygen atoms in total. The zero-order valence-corrected chi connectivity index (χ0v) is 25.3. The fourth-order valence-corrected chi connectivity index (χ4v) is 6.73. The number of benzene rings is 2. The van der Waals surface area contributed by atoms with Gasteiger partial charge >= 0.3 is 0 Å². The Morgan fingerprint density at radius 3 is 2.50 bits per heavy atom. The quantitative estimate of drug-likeness (QED) is 0.187. The highest BCUT2D eigenvalue weighted by molar-refractivity contribution is 7.98. The third kappa shape index (κ3) is 6.70. The van der Waals surface area contributed by atoms with Crippen LogP contribution in [0.25, 0.3) is 21.7 Å². The van der Waals surface area contributed by atoms with E-state index in [1.54, 1.807) is 23.5 Å². The molecule has 0 amide bonds. The van der Waals surface area contributed by atoms with Crippen molar-refractivity contribution >= 4 is 40.5 Å². The Balaban J connectivity index is 1.52. The van der Waals surface area contributed by atoms with Crippen LogP contribution in [-0.4, -0.2) is 54.1 Å². The molecule has 4 aromatic rings. The van der Waals surface area contributed by atoms with Crippen LogP contribution in [0.3, 0.4) is 0 Å². The van der Waals surface area contributed by atoms with E-state index in [-0.39, 0.29) is 19.3 Å². The lowest BCUT2D eigenvalue weighted by molar-refractivity contribution is 0.0787. The number of pyridine rings is 1. The minimum absolute atomic E-state index is 0.0581. The van der Waals surface area contributed by atoms with Gasteiger partial charge in [0.15, 0.2) is 0 Å². The maximum Gasteiger partial charge on any atom is 0.148 e. The molecule has 0 saturated carbocycles. The molecule has 11 heteroatoms. The largest absolute Gasteiger partial charge is 0.491 e. The first-order valence-electron chi connectivity index (χ1n) is 13.5. The number of thioether (sulfide) groups is 1. The van der Waals surface area contributed by atoms with Crippen LogP contribution in [-0.2, 0) is 10.5 Å². The molecule has 214 valence electrons. The first-order chi connectivity index (χ1) is 20.5. The maximum absolute atomic E-state index is 10.4. The van der Waals surface area contributed by atoms with Crippen molar-refractivity contribution in [3.05, 3.63) is 75.8 Å². The molecule has 0 aliphatic carbocycles. The molecule has 42 heavy (non-hydrogen) atoms. The predicted molar refractivity (Wildman–Crippen MR) is 166 cm³/mol. The summed E-state index contributed by atoms with van der Waals surface area (Å²) in [5, 5.41) is 33.9. The lowest BCUT2D eigenvalue weighted by Crippen LogP contribution is -2.25. The van der Waals surface area contributed by atoms with Crippen molar-refractivity contribution in [3.8, 4) is 39.6 Å². The van der Waals surface area contributed by atoms with Crippen LogP contribution in [0.15, 0.2) is 58.9 Å². The van der Waals surface area contributed by atoms with Crippen LogP contribution >= 0.6 is 34.7 Å². The lowest BCUT2D eigenvalue weighted by atomic mass is 9.96. The average Bonchev–Trinajstić information content (AvgIpc) is 3.69. The number of nitrogens with zero attached hydrogens (tertiary/aromatic N) is 5. The molecule has 1 saturated heterocycles. The molecule has 1 aliphatic rings. The van der Waals surface area contributed by atoms with Crippen molar-refractivity contribution in [2.24, 2.45) is 0 Å². The van der Waals surface area contributed by atoms with E-state index in [9.17, 15) is 10.5 Å². The Hall–Kier alpha value is -3.64. The predicted octanol–water partition coefficient (Wildman–Crippen LogP) is 6.55. The van der Waals surface area contributed by atoms with Crippen LogP contribution in [0, 0.1) is 22.7 Å².